The minimum Gasteiger partial charge on any atom is -0.481 e. The first-order chi connectivity index (χ1) is 8.10. The van der Waals surface area contributed by atoms with Gasteiger partial charge < -0.3 is 9.52 Å². The third-order valence-corrected chi connectivity index (χ3v) is 3.47. The SMILES string of the molecule is CC1(c2nnc(CCCC(=O)O)o2)CCCC1. The maximum absolute atomic E-state index is 10.4. The molecule has 1 saturated carbocycles. The Balaban J connectivity index is 1.93. The van der Waals surface area contributed by atoms with Crippen LogP contribution in [0.15, 0.2) is 4.42 Å². The fraction of sp³-hybridized carbons (Fsp3) is 0.750. The normalized spacial score (nSPS) is 18.4. The fourth-order valence-electron chi connectivity index (χ4n) is 2.36. The zero-order chi connectivity index (χ0) is 12.3. The Morgan fingerprint density at radius 2 is 2.12 bits per heavy atom. The van der Waals surface area contributed by atoms with Crippen LogP contribution in [0.4, 0.5) is 0 Å². The lowest BCUT2D eigenvalue weighted by molar-refractivity contribution is -0.137. The van der Waals surface area contributed by atoms with Crippen LogP contribution in [0.3, 0.4) is 0 Å². The maximum Gasteiger partial charge on any atom is 0.303 e. The Kier molecular flexibility index (Phi) is 3.45. The van der Waals surface area contributed by atoms with Crippen molar-refractivity contribution in [2.75, 3.05) is 0 Å². The van der Waals surface area contributed by atoms with Gasteiger partial charge in [0.15, 0.2) is 0 Å². The molecule has 2 rings (SSSR count). The van der Waals surface area contributed by atoms with Gasteiger partial charge >= 0.3 is 5.97 Å². The van der Waals surface area contributed by atoms with Crippen LogP contribution in [0.5, 0.6) is 0 Å². The van der Waals surface area contributed by atoms with E-state index in [1.165, 1.54) is 12.8 Å². The van der Waals surface area contributed by atoms with Crippen molar-refractivity contribution in [2.24, 2.45) is 0 Å². The van der Waals surface area contributed by atoms with E-state index in [2.05, 4.69) is 17.1 Å². The number of aryl methyl sites for hydroxylation is 1. The highest BCUT2D eigenvalue weighted by Gasteiger charge is 2.35. The number of carbonyl (C=O) groups is 1. The van der Waals surface area contributed by atoms with Crippen molar-refractivity contribution in [2.45, 2.75) is 57.3 Å². The molecule has 1 N–H and O–H groups in total. The van der Waals surface area contributed by atoms with Crippen LogP contribution in [-0.2, 0) is 16.6 Å². The summed E-state index contributed by atoms with van der Waals surface area (Å²) in [6.45, 7) is 2.16. The van der Waals surface area contributed by atoms with Crippen LogP contribution in [0.1, 0.15) is 57.2 Å². The van der Waals surface area contributed by atoms with Crippen LogP contribution in [-0.4, -0.2) is 21.3 Å². The summed E-state index contributed by atoms with van der Waals surface area (Å²) < 4.78 is 5.64. The van der Waals surface area contributed by atoms with E-state index in [4.69, 9.17) is 9.52 Å². The quantitative estimate of drug-likeness (QED) is 0.851. The van der Waals surface area contributed by atoms with Crippen molar-refractivity contribution < 1.29 is 14.3 Å². The largest absolute Gasteiger partial charge is 0.481 e. The van der Waals surface area contributed by atoms with E-state index < -0.39 is 5.97 Å². The van der Waals surface area contributed by atoms with Crippen molar-refractivity contribution in [3.63, 3.8) is 0 Å². The second kappa shape index (κ2) is 4.85. The maximum atomic E-state index is 10.4. The van der Waals surface area contributed by atoms with Gasteiger partial charge in [-0.1, -0.05) is 19.8 Å². The number of aliphatic carboxylic acids is 1. The summed E-state index contributed by atoms with van der Waals surface area (Å²) in [5, 5.41) is 16.6. The Hall–Kier alpha value is -1.39. The summed E-state index contributed by atoms with van der Waals surface area (Å²) in [6.07, 6.45) is 5.88. The topological polar surface area (TPSA) is 76.2 Å². The first-order valence-electron chi connectivity index (χ1n) is 6.15. The molecule has 0 unspecified atom stereocenters. The second-order valence-electron chi connectivity index (χ2n) is 5.02. The lowest BCUT2D eigenvalue weighted by Crippen LogP contribution is -2.17. The molecule has 0 aliphatic heterocycles. The van der Waals surface area contributed by atoms with E-state index in [9.17, 15) is 4.79 Å². The van der Waals surface area contributed by atoms with Crippen molar-refractivity contribution in [1.82, 2.24) is 10.2 Å². The molecule has 5 heteroatoms. The second-order valence-corrected chi connectivity index (χ2v) is 5.02. The van der Waals surface area contributed by atoms with Crippen LogP contribution in [0.2, 0.25) is 0 Å². The minimum absolute atomic E-state index is 0.0397. The summed E-state index contributed by atoms with van der Waals surface area (Å²) in [7, 11) is 0. The molecule has 0 amide bonds. The van der Waals surface area contributed by atoms with Crippen molar-refractivity contribution >= 4 is 5.97 Å². The molecule has 0 aromatic carbocycles. The van der Waals surface area contributed by atoms with Gasteiger partial charge in [-0.05, 0) is 19.3 Å². The number of rotatable bonds is 5. The molecular formula is C12H18N2O3. The molecule has 0 radical (unpaired) electrons. The molecule has 0 atom stereocenters. The van der Waals surface area contributed by atoms with E-state index >= 15 is 0 Å². The van der Waals surface area contributed by atoms with Crippen molar-refractivity contribution in [3.05, 3.63) is 11.8 Å². The number of carboxylic acids is 1. The number of nitrogens with zero attached hydrogens (tertiary/aromatic N) is 2. The Morgan fingerprint density at radius 3 is 2.76 bits per heavy atom. The molecule has 1 aliphatic rings. The highest BCUT2D eigenvalue weighted by Crippen LogP contribution is 2.39. The van der Waals surface area contributed by atoms with Gasteiger partial charge in [0.2, 0.25) is 11.8 Å². The third kappa shape index (κ3) is 2.84. The standard InChI is InChI=1S/C12H18N2O3/c1-12(7-2-3-8-12)11-14-13-9(17-11)5-4-6-10(15)16/h2-8H2,1H3,(H,15,16). The lowest BCUT2D eigenvalue weighted by atomic mass is 9.89. The highest BCUT2D eigenvalue weighted by molar-refractivity contribution is 5.66. The van der Waals surface area contributed by atoms with Gasteiger partial charge in [-0.25, -0.2) is 0 Å². The first kappa shape index (κ1) is 12.1. The molecule has 0 bridgehead atoms. The van der Waals surface area contributed by atoms with Crippen LogP contribution in [0, 0.1) is 0 Å². The van der Waals surface area contributed by atoms with E-state index in [1.54, 1.807) is 0 Å². The zero-order valence-corrected chi connectivity index (χ0v) is 10.1. The number of hydrogen-bond acceptors (Lipinski definition) is 4. The average Bonchev–Trinajstić information content (AvgIpc) is 2.87. The minimum atomic E-state index is -0.785. The van der Waals surface area contributed by atoms with Crippen LogP contribution in [0.25, 0.3) is 0 Å². The Morgan fingerprint density at radius 1 is 1.41 bits per heavy atom. The van der Waals surface area contributed by atoms with Gasteiger partial charge in [-0.3, -0.25) is 4.79 Å². The van der Waals surface area contributed by atoms with Gasteiger partial charge in [0.05, 0.1) is 0 Å². The molecule has 0 saturated heterocycles. The molecule has 1 aromatic rings. The summed E-state index contributed by atoms with van der Waals surface area (Å²) >= 11 is 0. The van der Waals surface area contributed by atoms with Gasteiger partial charge in [0.25, 0.3) is 0 Å². The van der Waals surface area contributed by atoms with Gasteiger partial charge in [0.1, 0.15) is 0 Å². The predicted octanol–water partition coefficient (Wildman–Crippen LogP) is 2.31. The van der Waals surface area contributed by atoms with Crippen LogP contribution < -0.4 is 0 Å². The van der Waals surface area contributed by atoms with Gasteiger partial charge in [0, 0.05) is 18.3 Å². The molecule has 1 aliphatic carbocycles. The fourth-order valence-corrected chi connectivity index (χ4v) is 2.36. The highest BCUT2D eigenvalue weighted by atomic mass is 16.4. The molecule has 17 heavy (non-hydrogen) atoms. The molecule has 0 spiro atoms. The molecular weight excluding hydrogens is 220 g/mol. The molecule has 1 heterocycles. The number of carboxylic acid groups (broad SMARTS) is 1. The lowest BCUT2D eigenvalue weighted by Gasteiger charge is -2.17. The first-order valence-corrected chi connectivity index (χ1v) is 6.15. The van der Waals surface area contributed by atoms with E-state index in [0.717, 1.165) is 18.7 Å². The monoisotopic (exact) mass is 238 g/mol. The average molecular weight is 238 g/mol. The smallest absolute Gasteiger partial charge is 0.303 e. The van der Waals surface area contributed by atoms with E-state index in [-0.39, 0.29) is 11.8 Å². The Labute approximate surface area is 100 Å². The van der Waals surface area contributed by atoms with Gasteiger partial charge in [-0.15, -0.1) is 10.2 Å². The van der Waals surface area contributed by atoms with E-state index in [1.807, 2.05) is 0 Å². The number of hydrogen-bond donors (Lipinski definition) is 1. The van der Waals surface area contributed by atoms with Crippen LogP contribution >= 0.6 is 0 Å². The Bertz CT molecular complexity index is 394. The zero-order valence-electron chi connectivity index (χ0n) is 10.1. The van der Waals surface area contributed by atoms with E-state index in [0.29, 0.717) is 18.7 Å². The molecule has 1 aromatic heterocycles. The van der Waals surface area contributed by atoms with Gasteiger partial charge in [-0.2, -0.15) is 0 Å². The summed E-state index contributed by atoms with van der Waals surface area (Å²) in [5.41, 5.74) is 0.0397. The predicted molar refractivity (Wildman–Crippen MR) is 60.7 cm³/mol. The molecule has 5 nitrogen and oxygen atoms in total. The number of aromatic nitrogens is 2. The van der Waals surface area contributed by atoms with Crippen molar-refractivity contribution in [1.29, 1.82) is 0 Å². The summed E-state index contributed by atoms with van der Waals surface area (Å²) in [6, 6.07) is 0. The third-order valence-electron chi connectivity index (χ3n) is 3.47. The summed E-state index contributed by atoms with van der Waals surface area (Å²) in [5.74, 6) is 0.502. The molecule has 94 valence electrons. The van der Waals surface area contributed by atoms with Crippen molar-refractivity contribution in [3.8, 4) is 0 Å². The molecule has 1 fully saturated rings. The summed E-state index contributed by atoms with van der Waals surface area (Å²) in [4.78, 5) is 10.4.